The molecule has 0 saturated heterocycles. The van der Waals surface area contributed by atoms with Crippen molar-refractivity contribution in [2.24, 2.45) is 5.16 Å². The SMILES string of the molecule is CCOC(=O)c1c(NC(=O)c2ccc(Cl)cc2)sc2c1CCC/C2=N/O. The highest BCUT2D eigenvalue weighted by atomic mass is 35.5. The average molecular weight is 393 g/mol. The summed E-state index contributed by atoms with van der Waals surface area (Å²) in [6.07, 6.45) is 2.05. The minimum atomic E-state index is -0.490. The molecule has 1 aromatic carbocycles. The summed E-state index contributed by atoms with van der Waals surface area (Å²) in [5.41, 5.74) is 2.05. The molecule has 6 nitrogen and oxygen atoms in total. The van der Waals surface area contributed by atoms with Crippen molar-refractivity contribution in [3.63, 3.8) is 0 Å². The molecule has 0 saturated carbocycles. The Morgan fingerprint density at radius 1 is 1.31 bits per heavy atom. The molecule has 2 aromatic rings. The number of esters is 1. The number of hydrogen-bond acceptors (Lipinski definition) is 6. The number of ether oxygens (including phenoxy) is 1. The lowest BCUT2D eigenvalue weighted by Gasteiger charge is -2.13. The Morgan fingerprint density at radius 3 is 2.69 bits per heavy atom. The Balaban J connectivity index is 2.00. The van der Waals surface area contributed by atoms with Crippen molar-refractivity contribution in [3.05, 3.63) is 50.9 Å². The van der Waals surface area contributed by atoms with E-state index in [1.54, 1.807) is 31.2 Å². The molecule has 0 radical (unpaired) electrons. The first-order chi connectivity index (χ1) is 12.5. The van der Waals surface area contributed by atoms with Crippen LogP contribution in [0.15, 0.2) is 29.4 Å². The van der Waals surface area contributed by atoms with Gasteiger partial charge in [0.05, 0.1) is 22.8 Å². The summed E-state index contributed by atoms with van der Waals surface area (Å²) in [7, 11) is 0. The fourth-order valence-electron chi connectivity index (χ4n) is 2.86. The number of amides is 1. The van der Waals surface area contributed by atoms with Gasteiger partial charge in [-0.3, -0.25) is 4.79 Å². The van der Waals surface area contributed by atoms with Crippen LogP contribution in [0.25, 0.3) is 0 Å². The summed E-state index contributed by atoms with van der Waals surface area (Å²) < 4.78 is 5.16. The van der Waals surface area contributed by atoms with E-state index in [4.69, 9.17) is 16.3 Å². The fraction of sp³-hybridized carbons (Fsp3) is 0.278. The Kier molecular flexibility index (Phi) is 5.58. The first-order valence-corrected chi connectivity index (χ1v) is 9.35. The zero-order chi connectivity index (χ0) is 18.7. The van der Waals surface area contributed by atoms with Gasteiger partial charge in [0.2, 0.25) is 0 Å². The highest BCUT2D eigenvalue weighted by molar-refractivity contribution is 7.19. The normalized spacial score (nSPS) is 14.8. The van der Waals surface area contributed by atoms with Gasteiger partial charge in [-0.1, -0.05) is 16.8 Å². The summed E-state index contributed by atoms with van der Waals surface area (Å²) >= 11 is 7.08. The molecule has 0 aliphatic heterocycles. The van der Waals surface area contributed by atoms with Crippen LogP contribution >= 0.6 is 22.9 Å². The monoisotopic (exact) mass is 392 g/mol. The molecule has 26 heavy (non-hydrogen) atoms. The zero-order valence-corrected chi connectivity index (χ0v) is 15.6. The van der Waals surface area contributed by atoms with Crippen LogP contribution in [0, 0.1) is 0 Å². The first kappa shape index (κ1) is 18.4. The summed E-state index contributed by atoms with van der Waals surface area (Å²) in [5, 5.41) is 16.3. The van der Waals surface area contributed by atoms with E-state index in [0.717, 1.165) is 12.0 Å². The number of nitrogens with one attached hydrogen (secondary N) is 1. The van der Waals surface area contributed by atoms with E-state index in [1.165, 1.54) is 11.3 Å². The van der Waals surface area contributed by atoms with E-state index >= 15 is 0 Å². The second kappa shape index (κ2) is 7.88. The molecule has 8 heteroatoms. The van der Waals surface area contributed by atoms with Gasteiger partial charge in [0.25, 0.3) is 5.91 Å². The van der Waals surface area contributed by atoms with E-state index in [2.05, 4.69) is 10.5 Å². The van der Waals surface area contributed by atoms with Crippen LogP contribution in [-0.2, 0) is 11.2 Å². The molecule has 136 valence electrons. The van der Waals surface area contributed by atoms with E-state index in [9.17, 15) is 14.8 Å². The number of carbonyl (C=O) groups excluding carboxylic acids is 2. The zero-order valence-electron chi connectivity index (χ0n) is 14.0. The van der Waals surface area contributed by atoms with Gasteiger partial charge < -0.3 is 15.3 Å². The summed E-state index contributed by atoms with van der Waals surface area (Å²) in [5.74, 6) is -0.844. The average Bonchev–Trinajstić information content (AvgIpc) is 3.00. The van der Waals surface area contributed by atoms with Crippen LogP contribution in [0.4, 0.5) is 5.00 Å². The summed E-state index contributed by atoms with van der Waals surface area (Å²) in [6.45, 7) is 1.96. The maximum atomic E-state index is 12.5. The third-order valence-electron chi connectivity index (χ3n) is 4.04. The summed E-state index contributed by atoms with van der Waals surface area (Å²) in [4.78, 5) is 25.7. The van der Waals surface area contributed by atoms with Crippen LogP contribution < -0.4 is 5.32 Å². The third kappa shape index (κ3) is 3.59. The van der Waals surface area contributed by atoms with Crippen LogP contribution in [0.2, 0.25) is 5.02 Å². The molecule has 0 atom stereocenters. The Morgan fingerprint density at radius 2 is 2.04 bits per heavy atom. The van der Waals surface area contributed by atoms with Crippen LogP contribution in [-0.4, -0.2) is 29.4 Å². The minimum Gasteiger partial charge on any atom is -0.462 e. The number of hydrogen-bond donors (Lipinski definition) is 2. The molecule has 1 amide bonds. The predicted molar refractivity (Wildman–Crippen MR) is 101 cm³/mol. The van der Waals surface area contributed by atoms with Gasteiger partial charge in [-0.15, -0.1) is 11.3 Å². The molecule has 1 aliphatic carbocycles. The summed E-state index contributed by atoms with van der Waals surface area (Å²) in [6, 6.07) is 6.46. The Bertz CT molecular complexity index is 874. The third-order valence-corrected chi connectivity index (χ3v) is 5.49. The van der Waals surface area contributed by atoms with Crippen molar-refractivity contribution < 1.29 is 19.5 Å². The van der Waals surface area contributed by atoms with Crippen LogP contribution in [0.1, 0.15) is 50.9 Å². The standard InChI is InChI=1S/C18H17ClN2O4S/c1-2-25-18(23)14-12-4-3-5-13(21-24)15(12)26-17(14)20-16(22)10-6-8-11(19)9-7-10/h6-9,24H,2-5H2,1H3,(H,20,22)/b21-13-. The molecule has 0 fully saturated rings. The minimum absolute atomic E-state index is 0.231. The van der Waals surface area contributed by atoms with Crippen molar-refractivity contribution in [3.8, 4) is 0 Å². The molecule has 1 heterocycles. The number of benzene rings is 1. The number of anilines is 1. The van der Waals surface area contributed by atoms with Crippen molar-refractivity contribution in [1.82, 2.24) is 0 Å². The number of thiophene rings is 1. The quantitative estimate of drug-likeness (QED) is 0.460. The Hall–Kier alpha value is -2.38. The molecule has 0 bridgehead atoms. The Labute approximate surface area is 159 Å². The lowest BCUT2D eigenvalue weighted by Crippen LogP contribution is -2.16. The topological polar surface area (TPSA) is 88.0 Å². The number of oxime groups is 1. The smallest absolute Gasteiger partial charge is 0.341 e. The second-order valence-corrected chi connectivity index (χ2v) is 7.15. The molecular weight excluding hydrogens is 376 g/mol. The van der Waals surface area contributed by atoms with Crippen molar-refractivity contribution in [2.45, 2.75) is 26.2 Å². The maximum absolute atomic E-state index is 12.5. The first-order valence-electron chi connectivity index (χ1n) is 8.16. The van der Waals surface area contributed by atoms with E-state index < -0.39 is 5.97 Å². The molecule has 0 unspecified atom stereocenters. The van der Waals surface area contributed by atoms with Gasteiger partial charge in [0.1, 0.15) is 5.00 Å². The molecule has 2 N–H and O–H groups in total. The van der Waals surface area contributed by atoms with Gasteiger partial charge in [-0.2, -0.15) is 0 Å². The lowest BCUT2D eigenvalue weighted by atomic mass is 9.94. The van der Waals surface area contributed by atoms with E-state index in [0.29, 0.717) is 44.6 Å². The molecule has 0 spiro atoms. The number of fused-ring (bicyclic) bond motifs is 1. The molecular formula is C18H17ClN2O4S. The second-order valence-electron chi connectivity index (χ2n) is 5.70. The number of halogens is 1. The predicted octanol–water partition coefficient (Wildman–Crippen LogP) is 4.35. The number of carbonyl (C=O) groups is 2. The van der Waals surface area contributed by atoms with Gasteiger partial charge >= 0.3 is 5.97 Å². The van der Waals surface area contributed by atoms with E-state index in [-0.39, 0.29) is 12.5 Å². The van der Waals surface area contributed by atoms with Gasteiger partial charge in [-0.25, -0.2) is 4.79 Å². The van der Waals surface area contributed by atoms with Gasteiger partial charge in [0, 0.05) is 10.6 Å². The molecule has 3 rings (SSSR count). The van der Waals surface area contributed by atoms with E-state index in [1.807, 2.05) is 0 Å². The lowest BCUT2D eigenvalue weighted by molar-refractivity contribution is 0.0527. The van der Waals surface area contributed by atoms with Crippen LogP contribution in [0.3, 0.4) is 0 Å². The number of nitrogens with zero attached hydrogens (tertiary/aromatic N) is 1. The van der Waals surface area contributed by atoms with Crippen molar-refractivity contribution >= 4 is 45.5 Å². The highest BCUT2D eigenvalue weighted by Crippen LogP contribution is 2.39. The van der Waals surface area contributed by atoms with Crippen molar-refractivity contribution in [1.29, 1.82) is 0 Å². The van der Waals surface area contributed by atoms with Crippen molar-refractivity contribution in [2.75, 3.05) is 11.9 Å². The van der Waals surface area contributed by atoms with Crippen LogP contribution in [0.5, 0.6) is 0 Å². The van der Waals surface area contributed by atoms with Gasteiger partial charge in [-0.05, 0) is 56.0 Å². The number of rotatable bonds is 4. The highest BCUT2D eigenvalue weighted by Gasteiger charge is 2.30. The van der Waals surface area contributed by atoms with Gasteiger partial charge in [0.15, 0.2) is 0 Å². The molecule has 1 aliphatic rings. The largest absolute Gasteiger partial charge is 0.462 e. The maximum Gasteiger partial charge on any atom is 0.341 e. The fourth-order valence-corrected chi connectivity index (χ4v) is 4.23. The molecule has 1 aromatic heterocycles.